The van der Waals surface area contributed by atoms with E-state index in [0.717, 1.165) is 0 Å². The first-order valence-electron chi connectivity index (χ1n) is 7.00. The van der Waals surface area contributed by atoms with Crippen molar-refractivity contribution in [1.29, 1.82) is 0 Å². The van der Waals surface area contributed by atoms with Crippen LogP contribution in [0.4, 0.5) is 5.69 Å². The number of anilines is 1. The largest absolute Gasteiger partial charge is 0.422 e. The Bertz CT molecular complexity index is 834. The molecule has 2 aromatic rings. The summed E-state index contributed by atoms with van der Waals surface area (Å²) >= 11 is 0. The van der Waals surface area contributed by atoms with E-state index in [4.69, 9.17) is 4.74 Å². The Morgan fingerprint density at radius 2 is 1.74 bits per heavy atom. The van der Waals surface area contributed by atoms with Gasteiger partial charge in [0.1, 0.15) is 11.3 Å². The average Bonchev–Trinajstić information content (AvgIpc) is 2.52. The van der Waals surface area contributed by atoms with Gasteiger partial charge in [-0.1, -0.05) is 24.3 Å². The molecule has 1 heterocycles. The van der Waals surface area contributed by atoms with Crippen molar-refractivity contribution in [2.24, 2.45) is 0 Å². The number of esters is 1. The maximum absolute atomic E-state index is 12.4. The van der Waals surface area contributed by atoms with Crippen LogP contribution in [0.3, 0.4) is 0 Å². The van der Waals surface area contributed by atoms with Gasteiger partial charge in [0.25, 0.3) is 0 Å². The first-order chi connectivity index (χ1) is 11.0. The van der Waals surface area contributed by atoms with E-state index in [-0.39, 0.29) is 23.0 Å². The molecule has 3 rings (SSSR count). The van der Waals surface area contributed by atoms with Gasteiger partial charge in [0.05, 0.1) is 5.56 Å². The number of carbonyl (C=O) groups is 3. The molecular weight excluding hydrogens is 294 g/mol. The number of nitrogens with one attached hydrogen (secondary N) is 1. The molecule has 1 amide bonds. The lowest BCUT2D eigenvalue weighted by molar-refractivity contribution is -0.130. The number of hydrogen-bond donors (Lipinski definition) is 1. The first kappa shape index (κ1) is 14.7. The van der Waals surface area contributed by atoms with Gasteiger partial charge in [0.2, 0.25) is 11.7 Å². The third-order valence-corrected chi connectivity index (χ3v) is 3.34. The number of ether oxygens (including phenoxy) is 1. The van der Waals surface area contributed by atoms with E-state index in [0.29, 0.717) is 16.8 Å². The number of hydrogen-bond acceptors (Lipinski definition) is 4. The summed E-state index contributed by atoms with van der Waals surface area (Å²) in [6.07, 6.45) is 1.48. The van der Waals surface area contributed by atoms with E-state index >= 15 is 0 Å². The van der Waals surface area contributed by atoms with Crippen LogP contribution < -0.4 is 10.1 Å². The molecule has 1 aliphatic rings. The van der Waals surface area contributed by atoms with Gasteiger partial charge in [0.15, 0.2) is 0 Å². The van der Waals surface area contributed by atoms with Crippen LogP contribution in [0, 0.1) is 0 Å². The molecule has 5 nitrogen and oxygen atoms in total. The third-order valence-electron chi connectivity index (χ3n) is 3.34. The second-order valence-corrected chi connectivity index (χ2v) is 5.08. The Kier molecular flexibility index (Phi) is 3.76. The van der Waals surface area contributed by atoms with Crippen molar-refractivity contribution in [3.63, 3.8) is 0 Å². The van der Waals surface area contributed by atoms with Crippen molar-refractivity contribution in [3.05, 3.63) is 65.2 Å². The molecule has 0 spiro atoms. The van der Waals surface area contributed by atoms with Gasteiger partial charge in [-0.2, -0.15) is 0 Å². The zero-order chi connectivity index (χ0) is 16.4. The van der Waals surface area contributed by atoms with E-state index in [1.807, 2.05) is 0 Å². The number of fused-ring (bicyclic) bond motifs is 1. The van der Waals surface area contributed by atoms with Crippen LogP contribution in [0.25, 0.3) is 6.08 Å². The van der Waals surface area contributed by atoms with Crippen LogP contribution in [0.15, 0.2) is 54.1 Å². The molecule has 0 bridgehead atoms. The van der Waals surface area contributed by atoms with Gasteiger partial charge < -0.3 is 10.1 Å². The molecule has 0 atom stereocenters. The molecule has 0 aliphatic carbocycles. The van der Waals surface area contributed by atoms with E-state index < -0.39 is 5.97 Å². The lowest BCUT2D eigenvalue weighted by atomic mass is 9.98. The third kappa shape index (κ3) is 3.03. The number of para-hydroxylation sites is 1. The molecule has 5 heteroatoms. The lowest BCUT2D eigenvalue weighted by Crippen LogP contribution is -2.24. The highest BCUT2D eigenvalue weighted by atomic mass is 16.5. The van der Waals surface area contributed by atoms with Gasteiger partial charge >= 0.3 is 5.97 Å². The fraction of sp³-hybridized carbons (Fsp3) is 0.0556. The quantitative estimate of drug-likeness (QED) is 0.401. The van der Waals surface area contributed by atoms with Crippen molar-refractivity contribution < 1.29 is 19.1 Å². The van der Waals surface area contributed by atoms with Gasteiger partial charge in [-0.3, -0.25) is 9.59 Å². The SMILES string of the molecule is CC(=O)Nc1ccc(/C=C2/C(=O)Oc3ccccc3C2=O)cc1. The average molecular weight is 307 g/mol. The van der Waals surface area contributed by atoms with Gasteiger partial charge in [0, 0.05) is 12.6 Å². The Balaban J connectivity index is 1.92. The molecule has 1 N–H and O–H groups in total. The van der Waals surface area contributed by atoms with E-state index in [9.17, 15) is 14.4 Å². The molecule has 0 aromatic heterocycles. The highest BCUT2D eigenvalue weighted by molar-refractivity contribution is 6.30. The number of amides is 1. The highest BCUT2D eigenvalue weighted by Crippen LogP contribution is 2.28. The second kappa shape index (κ2) is 5.88. The molecule has 1 aliphatic heterocycles. The molecule has 114 valence electrons. The summed E-state index contributed by atoms with van der Waals surface area (Å²) < 4.78 is 5.18. The lowest BCUT2D eigenvalue weighted by Gasteiger charge is -2.16. The number of carbonyl (C=O) groups excluding carboxylic acids is 3. The maximum atomic E-state index is 12.4. The van der Waals surface area contributed by atoms with Crippen LogP contribution in [0.1, 0.15) is 22.8 Å². The minimum atomic E-state index is -0.667. The van der Waals surface area contributed by atoms with Crippen LogP contribution in [0.5, 0.6) is 5.75 Å². The Labute approximate surface area is 132 Å². The summed E-state index contributed by atoms with van der Waals surface area (Å²) in [5.74, 6) is -0.915. The Hall–Kier alpha value is -3.21. The van der Waals surface area contributed by atoms with Crippen LogP contribution >= 0.6 is 0 Å². The summed E-state index contributed by atoms with van der Waals surface area (Å²) in [6, 6.07) is 13.4. The van der Waals surface area contributed by atoms with Crippen molar-refractivity contribution in [1.82, 2.24) is 0 Å². The second-order valence-electron chi connectivity index (χ2n) is 5.08. The summed E-state index contributed by atoms with van der Waals surface area (Å²) in [6.45, 7) is 1.42. The predicted octanol–water partition coefficient (Wildman–Crippen LogP) is 2.83. The molecule has 0 saturated heterocycles. The summed E-state index contributed by atoms with van der Waals surface area (Å²) in [4.78, 5) is 35.4. The molecule has 0 unspecified atom stereocenters. The molecule has 0 saturated carbocycles. The van der Waals surface area contributed by atoms with Crippen molar-refractivity contribution in [2.75, 3.05) is 5.32 Å². The van der Waals surface area contributed by atoms with Crippen molar-refractivity contribution in [2.45, 2.75) is 6.92 Å². The zero-order valence-corrected chi connectivity index (χ0v) is 12.3. The maximum Gasteiger partial charge on any atom is 0.347 e. The van der Waals surface area contributed by atoms with Gasteiger partial charge in [-0.15, -0.1) is 0 Å². The Morgan fingerprint density at radius 3 is 2.43 bits per heavy atom. The smallest absolute Gasteiger partial charge is 0.347 e. The van der Waals surface area contributed by atoms with Crippen LogP contribution in [-0.4, -0.2) is 17.7 Å². The van der Waals surface area contributed by atoms with Gasteiger partial charge in [-0.05, 0) is 35.9 Å². The first-order valence-corrected chi connectivity index (χ1v) is 7.00. The van der Waals surface area contributed by atoms with Crippen LogP contribution in [-0.2, 0) is 9.59 Å². The molecule has 0 fully saturated rings. The number of Topliss-reactive ketones (excluding diaryl/α,β-unsaturated/α-hetero) is 1. The number of ketones is 1. The minimum absolute atomic E-state index is 0.0176. The Morgan fingerprint density at radius 1 is 1.04 bits per heavy atom. The van der Waals surface area contributed by atoms with Crippen molar-refractivity contribution in [3.8, 4) is 5.75 Å². The predicted molar refractivity (Wildman–Crippen MR) is 85.1 cm³/mol. The molecular formula is C18H13NO4. The van der Waals surface area contributed by atoms with Crippen molar-refractivity contribution >= 4 is 29.4 Å². The number of rotatable bonds is 2. The number of benzene rings is 2. The fourth-order valence-electron chi connectivity index (χ4n) is 2.29. The molecule has 23 heavy (non-hydrogen) atoms. The molecule has 2 aromatic carbocycles. The highest BCUT2D eigenvalue weighted by Gasteiger charge is 2.30. The molecule has 0 radical (unpaired) electrons. The summed E-state index contributed by atoms with van der Waals surface area (Å²) in [5.41, 5.74) is 1.66. The topological polar surface area (TPSA) is 72.5 Å². The summed E-state index contributed by atoms with van der Waals surface area (Å²) in [7, 11) is 0. The summed E-state index contributed by atoms with van der Waals surface area (Å²) in [5, 5.41) is 2.65. The van der Waals surface area contributed by atoms with E-state index in [1.165, 1.54) is 13.0 Å². The van der Waals surface area contributed by atoms with E-state index in [2.05, 4.69) is 5.32 Å². The monoisotopic (exact) mass is 307 g/mol. The zero-order valence-electron chi connectivity index (χ0n) is 12.3. The normalized spacial score (nSPS) is 15.1. The van der Waals surface area contributed by atoms with E-state index in [1.54, 1.807) is 48.5 Å². The van der Waals surface area contributed by atoms with Gasteiger partial charge in [-0.25, -0.2) is 4.79 Å². The minimum Gasteiger partial charge on any atom is -0.422 e. The fourth-order valence-corrected chi connectivity index (χ4v) is 2.29. The standard InChI is InChI=1S/C18H13NO4/c1-11(20)19-13-8-6-12(7-9-13)10-15-17(21)14-4-2-3-5-16(14)23-18(15)22/h2-10H,1H3,(H,19,20)/b15-10+. The van der Waals surface area contributed by atoms with Crippen LogP contribution in [0.2, 0.25) is 0 Å².